The number of aromatic nitrogens is 4. The molecule has 1 amide bonds. The Morgan fingerprint density at radius 2 is 2.15 bits per heavy atom. The van der Waals surface area contributed by atoms with Crippen molar-refractivity contribution < 1.29 is 4.79 Å². The number of likely N-dealkylation sites (tertiary alicyclic amines) is 1. The van der Waals surface area contributed by atoms with Crippen LogP contribution < -0.4 is 5.56 Å². The van der Waals surface area contributed by atoms with E-state index in [2.05, 4.69) is 30.9 Å². The summed E-state index contributed by atoms with van der Waals surface area (Å²) in [6.45, 7) is 7.82. The number of hydrogen-bond acceptors (Lipinski definition) is 4. The van der Waals surface area contributed by atoms with Crippen LogP contribution in [0.5, 0.6) is 0 Å². The average Bonchev–Trinajstić information content (AvgIpc) is 3.23. The minimum Gasteiger partial charge on any atom is -0.340 e. The quantitative estimate of drug-likeness (QED) is 0.874. The van der Waals surface area contributed by atoms with Crippen molar-refractivity contribution in [1.82, 2.24) is 24.6 Å². The van der Waals surface area contributed by atoms with Crippen molar-refractivity contribution in [1.29, 1.82) is 0 Å². The molecule has 1 N–H and O–H groups in total. The standard InChI is InChI=1S/C20H27N5O2/c1-19(2,3)18-22-16-14(17(27)23-18)6-8-20(16)7-4-10-24(13-20)15(26)12-25-11-5-9-21-25/h5,9,11H,4,6-8,10,12-13H2,1-3H3,(H,22,23,27). The van der Waals surface area contributed by atoms with E-state index in [-0.39, 0.29) is 28.8 Å². The second-order valence-electron chi connectivity index (χ2n) is 8.89. The maximum Gasteiger partial charge on any atom is 0.254 e. The Hall–Kier alpha value is -2.44. The van der Waals surface area contributed by atoms with E-state index in [1.54, 1.807) is 17.1 Å². The van der Waals surface area contributed by atoms with Gasteiger partial charge in [0.25, 0.3) is 5.56 Å². The first-order valence-electron chi connectivity index (χ1n) is 9.68. The molecule has 4 rings (SSSR count). The van der Waals surface area contributed by atoms with Gasteiger partial charge in [-0.25, -0.2) is 4.98 Å². The molecule has 2 aromatic rings. The van der Waals surface area contributed by atoms with Gasteiger partial charge in [0.05, 0.1) is 5.69 Å². The average molecular weight is 369 g/mol. The highest BCUT2D eigenvalue weighted by atomic mass is 16.2. The van der Waals surface area contributed by atoms with Gasteiger partial charge in [0.1, 0.15) is 12.4 Å². The molecule has 1 unspecified atom stereocenters. The molecule has 7 heteroatoms. The Morgan fingerprint density at radius 3 is 2.85 bits per heavy atom. The second kappa shape index (κ2) is 6.32. The van der Waals surface area contributed by atoms with E-state index in [9.17, 15) is 9.59 Å². The van der Waals surface area contributed by atoms with Crippen LogP contribution in [-0.4, -0.2) is 43.6 Å². The van der Waals surface area contributed by atoms with Crippen LogP contribution in [-0.2, 0) is 28.6 Å². The van der Waals surface area contributed by atoms with Gasteiger partial charge >= 0.3 is 0 Å². The van der Waals surface area contributed by atoms with E-state index in [1.807, 2.05) is 11.0 Å². The van der Waals surface area contributed by atoms with Crippen LogP contribution in [0.1, 0.15) is 57.1 Å². The molecule has 1 aliphatic heterocycles. The summed E-state index contributed by atoms with van der Waals surface area (Å²) in [5.41, 5.74) is 1.31. The Labute approximate surface area is 158 Å². The molecule has 0 bridgehead atoms. The van der Waals surface area contributed by atoms with Gasteiger partial charge in [0, 0.05) is 41.9 Å². The topological polar surface area (TPSA) is 83.9 Å². The molecule has 1 fully saturated rings. The summed E-state index contributed by atoms with van der Waals surface area (Å²) in [6, 6.07) is 1.82. The van der Waals surface area contributed by atoms with Crippen LogP contribution in [0.25, 0.3) is 0 Å². The third-order valence-electron chi connectivity index (χ3n) is 5.87. The minimum absolute atomic E-state index is 0.0122. The van der Waals surface area contributed by atoms with Crippen molar-refractivity contribution in [3.63, 3.8) is 0 Å². The van der Waals surface area contributed by atoms with Crippen LogP contribution in [0, 0.1) is 0 Å². The molecule has 0 radical (unpaired) electrons. The zero-order chi connectivity index (χ0) is 19.2. The second-order valence-corrected chi connectivity index (χ2v) is 8.89. The fraction of sp³-hybridized carbons (Fsp3) is 0.600. The predicted octanol–water partition coefficient (Wildman–Crippen LogP) is 1.77. The Bertz CT molecular complexity index is 909. The summed E-state index contributed by atoms with van der Waals surface area (Å²) in [5.74, 6) is 0.805. The van der Waals surface area contributed by atoms with E-state index in [0.29, 0.717) is 6.54 Å². The summed E-state index contributed by atoms with van der Waals surface area (Å²) < 4.78 is 1.66. The summed E-state index contributed by atoms with van der Waals surface area (Å²) in [5, 5.41) is 4.14. The predicted molar refractivity (Wildman–Crippen MR) is 102 cm³/mol. The number of amides is 1. The number of fused-ring (bicyclic) bond motifs is 2. The molecule has 3 heterocycles. The minimum atomic E-state index is -0.220. The molecular weight excluding hydrogens is 342 g/mol. The van der Waals surface area contributed by atoms with Crippen molar-refractivity contribution in [2.75, 3.05) is 13.1 Å². The summed E-state index contributed by atoms with van der Waals surface area (Å²) in [4.78, 5) is 35.3. The number of H-pyrrole nitrogens is 1. The maximum atomic E-state index is 12.8. The monoisotopic (exact) mass is 369 g/mol. The first-order chi connectivity index (χ1) is 12.8. The lowest BCUT2D eigenvalue weighted by molar-refractivity contribution is -0.134. The first kappa shape index (κ1) is 17.9. The smallest absolute Gasteiger partial charge is 0.254 e. The highest BCUT2D eigenvalue weighted by molar-refractivity contribution is 5.76. The van der Waals surface area contributed by atoms with Crippen LogP contribution >= 0.6 is 0 Å². The summed E-state index contributed by atoms with van der Waals surface area (Å²) >= 11 is 0. The van der Waals surface area contributed by atoms with Gasteiger partial charge in [-0.15, -0.1) is 0 Å². The fourth-order valence-electron chi connectivity index (χ4n) is 4.38. The Balaban J connectivity index is 1.64. The number of nitrogens with one attached hydrogen (secondary N) is 1. The SMILES string of the molecule is CC(C)(C)c1nc2c(c(=O)[nH]1)CCC21CCCN(C(=O)Cn2cccn2)C1. The molecule has 0 aromatic carbocycles. The number of aromatic amines is 1. The molecule has 27 heavy (non-hydrogen) atoms. The molecule has 0 saturated carbocycles. The Kier molecular flexibility index (Phi) is 4.20. The number of carbonyl (C=O) groups excluding carboxylic acids is 1. The van der Waals surface area contributed by atoms with Gasteiger partial charge < -0.3 is 9.88 Å². The van der Waals surface area contributed by atoms with Crippen molar-refractivity contribution in [3.8, 4) is 0 Å². The lowest BCUT2D eigenvalue weighted by Crippen LogP contribution is -2.49. The van der Waals surface area contributed by atoms with Crippen LogP contribution in [0.3, 0.4) is 0 Å². The lowest BCUT2D eigenvalue weighted by atomic mass is 9.77. The fourth-order valence-corrected chi connectivity index (χ4v) is 4.38. The third kappa shape index (κ3) is 3.19. The van der Waals surface area contributed by atoms with E-state index >= 15 is 0 Å². The van der Waals surface area contributed by atoms with Crippen LogP contribution in [0.4, 0.5) is 0 Å². The van der Waals surface area contributed by atoms with Crippen LogP contribution in [0.15, 0.2) is 23.3 Å². The molecule has 1 aliphatic carbocycles. The molecule has 2 aromatic heterocycles. The van der Waals surface area contributed by atoms with Crippen molar-refractivity contribution in [2.45, 2.75) is 63.8 Å². The zero-order valence-electron chi connectivity index (χ0n) is 16.3. The normalized spacial score (nSPS) is 22.3. The molecular formula is C20H27N5O2. The van der Waals surface area contributed by atoms with E-state index in [4.69, 9.17) is 4.98 Å². The van der Waals surface area contributed by atoms with Gasteiger partial charge in [-0.2, -0.15) is 5.10 Å². The largest absolute Gasteiger partial charge is 0.340 e. The first-order valence-corrected chi connectivity index (χ1v) is 9.68. The Morgan fingerprint density at radius 1 is 1.33 bits per heavy atom. The molecule has 7 nitrogen and oxygen atoms in total. The number of piperidine rings is 1. The maximum absolute atomic E-state index is 12.8. The van der Waals surface area contributed by atoms with Crippen molar-refractivity contribution in [2.24, 2.45) is 0 Å². The number of hydrogen-bond donors (Lipinski definition) is 1. The lowest BCUT2D eigenvalue weighted by Gasteiger charge is -2.40. The van der Waals surface area contributed by atoms with Gasteiger partial charge in [-0.1, -0.05) is 20.8 Å². The number of nitrogens with zero attached hydrogens (tertiary/aromatic N) is 4. The van der Waals surface area contributed by atoms with Crippen LogP contribution in [0.2, 0.25) is 0 Å². The van der Waals surface area contributed by atoms with Gasteiger partial charge in [0.15, 0.2) is 0 Å². The van der Waals surface area contributed by atoms with Gasteiger partial charge in [0.2, 0.25) is 5.91 Å². The molecule has 1 spiro atoms. The highest BCUT2D eigenvalue weighted by Gasteiger charge is 2.46. The van der Waals surface area contributed by atoms with Crippen molar-refractivity contribution >= 4 is 5.91 Å². The van der Waals surface area contributed by atoms with Crippen molar-refractivity contribution in [3.05, 3.63) is 45.9 Å². The summed E-state index contributed by atoms with van der Waals surface area (Å²) in [7, 11) is 0. The number of rotatable bonds is 2. The van der Waals surface area contributed by atoms with E-state index in [0.717, 1.165) is 49.3 Å². The number of carbonyl (C=O) groups is 1. The molecule has 2 aliphatic rings. The zero-order valence-corrected chi connectivity index (χ0v) is 16.3. The van der Waals surface area contributed by atoms with E-state index in [1.165, 1.54) is 0 Å². The molecule has 1 atom stereocenters. The van der Waals surface area contributed by atoms with Gasteiger partial charge in [-0.05, 0) is 31.7 Å². The molecule has 144 valence electrons. The summed E-state index contributed by atoms with van der Waals surface area (Å²) in [6.07, 6.45) is 7.03. The van der Waals surface area contributed by atoms with Gasteiger partial charge in [-0.3, -0.25) is 14.3 Å². The highest BCUT2D eigenvalue weighted by Crippen LogP contribution is 2.43. The third-order valence-corrected chi connectivity index (χ3v) is 5.87. The molecule has 1 saturated heterocycles. The van der Waals surface area contributed by atoms with E-state index < -0.39 is 0 Å².